The smallest absolute Gasteiger partial charge is 0.296 e. The van der Waals surface area contributed by atoms with Gasteiger partial charge in [0, 0.05) is 31.2 Å². The molecule has 3 aromatic rings. The van der Waals surface area contributed by atoms with Gasteiger partial charge in [-0.1, -0.05) is 30.3 Å². The van der Waals surface area contributed by atoms with Gasteiger partial charge in [0.2, 0.25) is 0 Å². The number of hydrogen-bond donors (Lipinski definition) is 1. The summed E-state index contributed by atoms with van der Waals surface area (Å²) in [6.07, 6.45) is 3.01. The van der Waals surface area contributed by atoms with E-state index < -0.39 is 17.7 Å². The molecule has 0 spiro atoms. The average molecular weight is 501 g/mol. The molecule has 2 saturated heterocycles. The zero-order chi connectivity index (χ0) is 25.9. The van der Waals surface area contributed by atoms with Crippen LogP contribution in [-0.4, -0.2) is 51.8 Å². The second-order valence-electron chi connectivity index (χ2n) is 9.91. The van der Waals surface area contributed by atoms with E-state index in [9.17, 15) is 14.7 Å². The van der Waals surface area contributed by atoms with Crippen molar-refractivity contribution in [1.82, 2.24) is 9.80 Å². The number of likely N-dealkylation sites (tertiary alicyclic amines) is 2. The highest BCUT2D eigenvalue weighted by Crippen LogP contribution is 2.42. The summed E-state index contributed by atoms with van der Waals surface area (Å²) in [4.78, 5) is 30.7. The monoisotopic (exact) mass is 500 g/mol. The van der Waals surface area contributed by atoms with Gasteiger partial charge in [-0.15, -0.1) is 0 Å². The van der Waals surface area contributed by atoms with Crippen molar-refractivity contribution in [1.29, 1.82) is 0 Å². The first-order chi connectivity index (χ1) is 17.9. The molecule has 1 aromatic heterocycles. The van der Waals surface area contributed by atoms with Crippen LogP contribution in [-0.2, 0) is 16.1 Å². The number of aliphatic hydroxyl groups is 1. The average Bonchev–Trinajstić information content (AvgIpc) is 3.52. The van der Waals surface area contributed by atoms with Crippen molar-refractivity contribution < 1.29 is 23.8 Å². The Kier molecular flexibility index (Phi) is 7.15. The number of aliphatic hydroxyl groups excluding tert-OH is 1. The lowest BCUT2D eigenvalue weighted by molar-refractivity contribution is -0.142. The molecule has 7 nitrogen and oxygen atoms in total. The number of piperidine rings is 1. The summed E-state index contributed by atoms with van der Waals surface area (Å²) < 4.78 is 11.4. The summed E-state index contributed by atoms with van der Waals surface area (Å²) in [6, 6.07) is 19.8. The van der Waals surface area contributed by atoms with E-state index in [0.29, 0.717) is 17.1 Å². The number of carbonyl (C=O) groups is 2. The summed E-state index contributed by atoms with van der Waals surface area (Å²) in [5, 5.41) is 11.3. The Labute approximate surface area is 216 Å². The van der Waals surface area contributed by atoms with Gasteiger partial charge in [-0.2, -0.15) is 0 Å². The van der Waals surface area contributed by atoms with Crippen LogP contribution in [0.4, 0.5) is 0 Å². The maximum Gasteiger partial charge on any atom is 0.296 e. The fourth-order valence-corrected chi connectivity index (χ4v) is 5.27. The molecule has 2 aromatic carbocycles. The van der Waals surface area contributed by atoms with E-state index in [0.717, 1.165) is 32.5 Å². The minimum atomic E-state index is -0.771. The van der Waals surface area contributed by atoms with Crippen LogP contribution in [0, 0.1) is 0 Å². The van der Waals surface area contributed by atoms with Gasteiger partial charge in [-0.3, -0.25) is 14.5 Å². The number of rotatable bonds is 7. The van der Waals surface area contributed by atoms with E-state index in [4.69, 9.17) is 9.15 Å². The van der Waals surface area contributed by atoms with E-state index >= 15 is 0 Å². The number of ether oxygens (including phenoxy) is 1. The number of Topliss-reactive ketones (excluding diaryl/α,β-unsaturated/α-hetero) is 1. The first-order valence-corrected chi connectivity index (χ1v) is 12.8. The number of amides is 1. The Bertz CT molecular complexity index is 1260. The van der Waals surface area contributed by atoms with Crippen LogP contribution in [0.3, 0.4) is 0 Å². The summed E-state index contributed by atoms with van der Waals surface area (Å²) in [5.74, 6) is -0.360. The van der Waals surface area contributed by atoms with Gasteiger partial charge in [0.1, 0.15) is 23.3 Å². The lowest BCUT2D eigenvalue weighted by Gasteiger charge is -2.38. The van der Waals surface area contributed by atoms with Crippen LogP contribution in [0.5, 0.6) is 5.75 Å². The van der Waals surface area contributed by atoms with Gasteiger partial charge in [-0.05, 0) is 68.7 Å². The quantitative estimate of drug-likeness (QED) is 0.274. The molecule has 1 unspecified atom stereocenters. The van der Waals surface area contributed by atoms with Gasteiger partial charge >= 0.3 is 0 Å². The van der Waals surface area contributed by atoms with Crippen LogP contribution < -0.4 is 4.74 Å². The molecular formula is C30H32N2O5. The molecule has 1 atom stereocenters. The summed E-state index contributed by atoms with van der Waals surface area (Å²) in [7, 11) is 0. The minimum absolute atomic E-state index is 0.0165. The SMILES string of the molecule is CC(C)Oc1ccc(/C(O)=C2/C(=O)C(=O)N(C3CCN(Cc4ccccc4)CC3)C2c2ccco2)cc1. The number of nitrogens with zero attached hydrogens (tertiary/aromatic N) is 2. The minimum Gasteiger partial charge on any atom is -0.507 e. The van der Waals surface area contributed by atoms with Crippen LogP contribution in [0.2, 0.25) is 0 Å². The molecule has 3 heterocycles. The second-order valence-corrected chi connectivity index (χ2v) is 9.91. The van der Waals surface area contributed by atoms with Crippen molar-refractivity contribution in [2.45, 2.75) is 51.4 Å². The lowest BCUT2D eigenvalue weighted by Crippen LogP contribution is -2.46. The second kappa shape index (κ2) is 10.6. The fraction of sp³-hybridized carbons (Fsp3) is 0.333. The van der Waals surface area contributed by atoms with E-state index in [1.807, 2.05) is 32.0 Å². The standard InChI is InChI=1S/C30H32N2O5/c1-20(2)37-24-12-10-22(11-13-24)28(33)26-27(25-9-6-18-36-25)32(30(35)29(26)34)23-14-16-31(17-15-23)19-21-7-4-3-5-8-21/h3-13,18,20,23,27,33H,14-17,19H2,1-2H3/b28-26-. The first kappa shape index (κ1) is 24.8. The Morgan fingerprint density at radius 1 is 1.00 bits per heavy atom. The molecule has 2 aliphatic heterocycles. The third kappa shape index (κ3) is 5.18. The van der Waals surface area contributed by atoms with E-state index in [-0.39, 0.29) is 23.5 Å². The van der Waals surface area contributed by atoms with Crippen molar-refractivity contribution in [3.63, 3.8) is 0 Å². The Morgan fingerprint density at radius 3 is 2.32 bits per heavy atom. The molecule has 1 N–H and O–H groups in total. The number of hydrogen-bond acceptors (Lipinski definition) is 6. The van der Waals surface area contributed by atoms with Gasteiger partial charge in [0.25, 0.3) is 11.7 Å². The Hall–Kier alpha value is -3.84. The third-order valence-electron chi connectivity index (χ3n) is 6.99. The molecule has 0 bridgehead atoms. The van der Waals surface area contributed by atoms with Gasteiger partial charge in [-0.25, -0.2) is 0 Å². The zero-order valence-electron chi connectivity index (χ0n) is 21.2. The largest absolute Gasteiger partial charge is 0.507 e. The number of furan rings is 1. The van der Waals surface area contributed by atoms with E-state index in [2.05, 4.69) is 17.0 Å². The van der Waals surface area contributed by atoms with Crippen molar-refractivity contribution in [2.24, 2.45) is 0 Å². The predicted octanol–water partition coefficient (Wildman–Crippen LogP) is 5.15. The van der Waals surface area contributed by atoms with Gasteiger partial charge < -0.3 is 19.2 Å². The lowest BCUT2D eigenvalue weighted by atomic mass is 9.97. The maximum atomic E-state index is 13.4. The van der Waals surface area contributed by atoms with Crippen molar-refractivity contribution in [3.8, 4) is 5.75 Å². The highest BCUT2D eigenvalue weighted by Gasteiger charge is 2.50. The number of ketones is 1. The number of carbonyl (C=O) groups excluding carboxylic acids is 2. The molecule has 37 heavy (non-hydrogen) atoms. The van der Waals surface area contributed by atoms with E-state index in [1.54, 1.807) is 41.3 Å². The van der Waals surface area contributed by atoms with Crippen molar-refractivity contribution >= 4 is 17.4 Å². The van der Waals surface area contributed by atoms with E-state index in [1.165, 1.54) is 11.8 Å². The van der Waals surface area contributed by atoms with Gasteiger partial charge in [0.15, 0.2) is 0 Å². The molecule has 7 heteroatoms. The molecule has 192 valence electrons. The summed E-state index contributed by atoms with van der Waals surface area (Å²) in [6.45, 7) is 6.34. The zero-order valence-corrected chi connectivity index (χ0v) is 21.2. The van der Waals surface area contributed by atoms with Crippen LogP contribution in [0.15, 0.2) is 83.0 Å². The fourth-order valence-electron chi connectivity index (χ4n) is 5.27. The predicted molar refractivity (Wildman–Crippen MR) is 140 cm³/mol. The van der Waals surface area contributed by atoms with Crippen molar-refractivity contribution in [2.75, 3.05) is 13.1 Å². The maximum absolute atomic E-state index is 13.4. The highest BCUT2D eigenvalue weighted by molar-refractivity contribution is 6.46. The summed E-state index contributed by atoms with van der Waals surface area (Å²) in [5.41, 5.74) is 1.76. The third-order valence-corrected chi connectivity index (χ3v) is 6.99. The molecule has 0 aliphatic carbocycles. The number of benzene rings is 2. The molecule has 0 radical (unpaired) electrons. The molecular weight excluding hydrogens is 468 g/mol. The van der Waals surface area contributed by atoms with Crippen LogP contribution in [0.1, 0.15) is 49.6 Å². The van der Waals surface area contributed by atoms with Crippen LogP contribution >= 0.6 is 0 Å². The first-order valence-electron chi connectivity index (χ1n) is 12.8. The Balaban J connectivity index is 1.41. The summed E-state index contributed by atoms with van der Waals surface area (Å²) >= 11 is 0. The topological polar surface area (TPSA) is 83.2 Å². The molecule has 1 amide bonds. The molecule has 2 aliphatic rings. The Morgan fingerprint density at radius 2 is 1.70 bits per heavy atom. The molecule has 5 rings (SSSR count). The molecule has 2 fully saturated rings. The van der Waals surface area contributed by atoms with Crippen molar-refractivity contribution in [3.05, 3.63) is 95.5 Å². The van der Waals surface area contributed by atoms with Gasteiger partial charge in [0.05, 0.1) is 17.9 Å². The highest BCUT2D eigenvalue weighted by atomic mass is 16.5. The van der Waals surface area contributed by atoms with Crippen LogP contribution in [0.25, 0.3) is 5.76 Å². The normalized spacial score (nSPS) is 20.6. The molecule has 0 saturated carbocycles.